The molecule has 0 unspecified atom stereocenters. The molecule has 0 atom stereocenters. The zero-order chi connectivity index (χ0) is 12.1. The Kier molecular flexibility index (Phi) is 5.01. The largest absolute Gasteiger partial charge is 0.383 e. The highest BCUT2D eigenvalue weighted by molar-refractivity contribution is 9.10. The summed E-state index contributed by atoms with van der Waals surface area (Å²) in [6.07, 6.45) is -2.08. The summed E-state index contributed by atoms with van der Waals surface area (Å²) in [5.41, 5.74) is 6.33. The molecule has 90 valence electrons. The van der Waals surface area contributed by atoms with E-state index >= 15 is 0 Å². The quantitative estimate of drug-likeness (QED) is 0.844. The van der Waals surface area contributed by atoms with Crippen molar-refractivity contribution in [2.45, 2.75) is 19.8 Å². The molecule has 4 nitrogen and oxygen atoms in total. The summed E-state index contributed by atoms with van der Waals surface area (Å²) < 4.78 is 28.9. The van der Waals surface area contributed by atoms with Gasteiger partial charge >= 0.3 is 0 Å². The van der Waals surface area contributed by atoms with Gasteiger partial charge in [-0.05, 0) is 22.9 Å². The standard InChI is InChI=1S/C9H12BrF2N3O/c1-5-8(10)9(13)15-7(14-5)2-3-16-4-6(11)12/h6H,2-4H2,1H3,(H2,13,14,15). The lowest BCUT2D eigenvalue weighted by molar-refractivity contribution is 0.0183. The molecule has 0 fully saturated rings. The van der Waals surface area contributed by atoms with Crippen molar-refractivity contribution in [3.05, 3.63) is 16.0 Å². The zero-order valence-electron chi connectivity index (χ0n) is 8.71. The van der Waals surface area contributed by atoms with E-state index in [1.807, 2.05) is 0 Å². The van der Waals surface area contributed by atoms with Gasteiger partial charge in [0, 0.05) is 6.42 Å². The maximum atomic E-state index is 11.8. The second-order valence-corrected chi connectivity index (χ2v) is 3.93. The van der Waals surface area contributed by atoms with Gasteiger partial charge in [-0.2, -0.15) is 0 Å². The Bertz CT molecular complexity index is 340. The molecule has 0 radical (unpaired) electrons. The Morgan fingerprint density at radius 1 is 1.44 bits per heavy atom. The maximum absolute atomic E-state index is 11.8. The van der Waals surface area contributed by atoms with Crippen molar-refractivity contribution in [1.82, 2.24) is 9.97 Å². The van der Waals surface area contributed by atoms with Gasteiger partial charge in [0.25, 0.3) is 6.43 Å². The maximum Gasteiger partial charge on any atom is 0.261 e. The van der Waals surface area contributed by atoms with Crippen LogP contribution in [0.3, 0.4) is 0 Å². The number of nitrogen functional groups attached to an aromatic ring is 1. The van der Waals surface area contributed by atoms with Crippen LogP contribution in [0, 0.1) is 6.92 Å². The third kappa shape index (κ3) is 3.97. The molecule has 0 amide bonds. The normalized spacial score (nSPS) is 11.1. The summed E-state index contributed by atoms with van der Waals surface area (Å²) in [6.45, 7) is 1.38. The summed E-state index contributed by atoms with van der Waals surface area (Å²) in [4.78, 5) is 8.15. The number of ether oxygens (including phenoxy) is 1. The van der Waals surface area contributed by atoms with Gasteiger partial charge in [-0.1, -0.05) is 0 Å². The number of rotatable bonds is 5. The lowest BCUT2D eigenvalue weighted by Gasteiger charge is -2.06. The van der Waals surface area contributed by atoms with E-state index in [-0.39, 0.29) is 6.61 Å². The van der Waals surface area contributed by atoms with Crippen LogP contribution in [0.2, 0.25) is 0 Å². The smallest absolute Gasteiger partial charge is 0.261 e. The lowest BCUT2D eigenvalue weighted by atomic mass is 10.3. The molecular formula is C9H12BrF2N3O. The van der Waals surface area contributed by atoms with Crippen molar-refractivity contribution in [2.24, 2.45) is 0 Å². The van der Waals surface area contributed by atoms with Crippen LogP contribution in [-0.2, 0) is 11.2 Å². The summed E-state index contributed by atoms with van der Waals surface area (Å²) in [5, 5.41) is 0. The predicted octanol–water partition coefficient (Wildman–Crippen LogP) is 1.95. The Morgan fingerprint density at radius 3 is 2.69 bits per heavy atom. The van der Waals surface area contributed by atoms with Crippen molar-refractivity contribution < 1.29 is 13.5 Å². The Morgan fingerprint density at radius 2 is 2.12 bits per heavy atom. The first kappa shape index (κ1) is 13.2. The Labute approximate surface area is 100 Å². The van der Waals surface area contributed by atoms with Gasteiger partial charge < -0.3 is 10.5 Å². The molecule has 0 saturated carbocycles. The molecule has 1 aromatic rings. The van der Waals surface area contributed by atoms with Crippen molar-refractivity contribution >= 4 is 21.7 Å². The Hall–Kier alpha value is -0.820. The number of aryl methyl sites for hydroxylation is 1. The Balaban J connectivity index is 2.49. The van der Waals surface area contributed by atoms with Crippen LogP contribution in [0.1, 0.15) is 11.5 Å². The minimum Gasteiger partial charge on any atom is -0.383 e. The molecule has 0 saturated heterocycles. The van der Waals surface area contributed by atoms with Crippen LogP contribution in [0.5, 0.6) is 0 Å². The van der Waals surface area contributed by atoms with E-state index in [4.69, 9.17) is 10.5 Å². The first-order chi connectivity index (χ1) is 7.50. The molecule has 0 aliphatic carbocycles. The third-order valence-corrected chi connectivity index (χ3v) is 2.78. The SMILES string of the molecule is Cc1nc(CCOCC(F)F)nc(N)c1Br. The average molecular weight is 296 g/mol. The van der Waals surface area contributed by atoms with E-state index in [9.17, 15) is 8.78 Å². The van der Waals surface area contributed by atoms with Crippen LogP contribution in [-0.4, -0.2) is 29.6 Å². The molecule has 0 bridgehead atoms. The fourth-order valence-corrected chi connectivity index (χ4v) is 1.27. The molecule has 0 aliphatic rings. The molecule has 7 heteroatoms. The van der Waals surface area contributed by atoms with Gasteiger partial charge in [-0.3, -0.25) is 0 Å². The molecule has 0 aromatic carbocycles. The summed E-state index contributed by atoms with van der Waals surface area (Å²) in [6, 6.07) is 0. The fourth-order valence-electron chi connectivity index (χ4n) is 1.09. The summed E-state index contributed by atoms with van der Waals surface area (Å²) in [7, 11) is 0. The summed E-state index contributed by atoms with van der Waals surface area (Å²) in [5.74, 6) is 0.837. The van der Waals surface area contributed by atoms with E-state index in [0.717, 1.165) is 5.69 Å². The first-order valence-corrected chi connectivity index (χ1v) is 5.44. The van der Waals surface area contributed by atoms with Crippen molar-refractivity contribution in [1.29, 1.82) is 0 Å². The van der Waals surface area contributed by atoms with Gasteiger partial charge in [0.2, 0.25) is 0 Å². The van der Waals surface area contributed by atoms with E-state index in [1.165, 1.54) is 0 Å². The monoisotopic (exact) mass is 295 g/mol. The molecular weight excluding hydrogens is 284 g/mol. The first-order valence-electron chi connectivity index (χ1n) is 4.65. The van der Waals surface area contributed by atoms with Crippen LogP contribution >= 0.6 is 15.9 Å². The van der Waals surface area contributed by atoms with Crippen molar-refractivity contribution in [3.63, 3.8) is 0 Å². The molecule has 0 spiro atoms. The zero-order valence-corrected chi connectivity index (χ0v) is 10.3. The van der Waals surface area contributed by atoms with Crippen molar-refractivity contribution in [3.8, 4) is 0 Å². The second kappa shape index (κ2) is 6.05. The molecule has 0 aliphatic heterocycles. The number of halogens is 3. The van der Waals surface area contributed by atoms with E-state index in [1.54, 1.807) is 6.92 Å². The number of nitrogens with two attached hydrogens (primary N) is 1. The van der Waals surface area contributed by atoms with Crippen LogP contribution in [0.4, 0.5) is 14.6 Å². The van der Waals surface area contributed by atoms with E-state index in [2.05, 4.69) is 25.9 Å². The van der Waals surface area contributed by atoms with Crippen LogP contribution in [0.25, 0.3) is 0 Å². The molecule has 1 heterocycles. The van der Waals surface area contributed by atoms with Gasteiger partial charge in [-0.25, -0.2) is 18.7 Å². The van der Waals surface area contributed by atoms with Crippen molar-refractivity contribution in [2.75, 3.05) is 18.9 Å². The van der Waals surface area contributed by atoms with Gasteiger partial charge in [0.15, 0.2) is 0 Å². The predicted molar refractivity (Wildman–Crippen MR) is 59.4 cm³/mol. The summed E-state index contributed by atoms with van der Waals surface area (Å²) >= 11 is 3.23. The fraction of sp³-hybridized carbons (Fsp3) is 0.556. The van der Waals surface area contributed by atoms with Gasteiger partial charge in [0.1, 0.15) is 18.2 Å². The van der Waals surface area contributed by atoms with Gasteiger partial charge in [-0.15, -0.1) is 0 Å². The number of anilines is 1. The number of hydrogen-bond donors (Lipinski definition) is 1. The van der Waals surface area contributed by atoms with E-state index in [0.29, 0.717) is 22.5 Å². The molecule has 16 heavy (non-hydrogen) atoms. The minimum atomic E-state index is -2.45. The van der Waals surface area contributed by atoms with Crippen LogP contribution < -0.4 is 5.73 Å². The minimum absolute atomic E-state index is 0.158. The number of aromatic nitrogens is 2. The highest BCUT2D eigenvalue weighted by atomic mass is 79.9. The molecule has 1 aromatic heterocycles. The molecule has 1 rings (SSSR count). The number of hydrogen-bond acceptors (Lipinski definition) is 4. The lowest BCUT2D eigenvalue weighted by Crippen LogP contribution is -2.10. The third-order valence-electron chi connectivity index (χ3n) is 1.80. The number of alkyl halides is 2. The van der Waals surface area contributed by atoms with Gasteiger partial charge in [0.05, 0.1) is 16.8 Å². The molecule has 2 N–H and O–H groups in total. The number of nitrogens with zero attached hydrogens (tertiary/aromatic N) is 2. The van der Waals surface area contributed by atoms with E-state index < -0.39 is 13.0 Å². The highest BCUT2D eigenvalue weighted by Crippen LogP contribution is 2.19. The average Bonchev–Trinajstić information content (AvgIpc) is 2.20. The topological polar surface area (TPSA) is 61.0 Å². The second-order valence-electron chi connectivity index (χ2n) is 3.14. The van der Waals surface area contributed by atoms with Crippen LogP contribution in [0.15, 0.2) is 4.47 Å². The highest BCUT2D eigenvalue weighted by Gasteiger charge is 2.07.